The van der Waals surface area contributed by atoms with Gasteiger partial charge in [-0.05, 0) is 14.1 Å². The highest BCUT2D eigenvalue weighted by Crippen LogP contribution is 2.27. The molecule has 96 valence electrons. The third-order valence-electron chi connectivity index (χ3n) is 2.91. The number of rotatable bonds is 4. The first-order chi connectivity index (χ1) is 8.63. The van der Waals surface area contributed by atoms with E-state index in [0.29, 0.717) is 11.7 Å². The minimum Gasteiger partial charge on any atom is -0.339 e. The summed E-state index contributed by atoms with van der Waals surface area (Å²) < 4.78 is 0. The summed E-state index contributed by atoms with van der Waals surface area (Å²) in [6, 6.07) is 9.94. The van der Waals surface area contributed by atoms with Crippen molar-refractivity contribution in [1.29, 1.82) is 0 Å². The SMILES string of the molecule is CN(C)C(CN)c1[nH]c(-c2ccccc2)nc1Cl. The molecule has 1 heterocycles. The molecule has 0 aliphatic heterocycles. The van der Waals surface area contributed by atoms with Crippen molar-refractivity contribution in [2.24, 2.45) is 5.73 Å². The molecule has 0 bridgehead atoms. The largest absolute Gasteiger partial charge is 0.339 e. The van der Waals surface area contributed by atoms with Crippen LogP contribution in [0, 0.1) is 0 Å². The first-order valence-electron chi connectivity index (χ1n) is 5.80. The molecule has 18 heavy (non-hydrogen) atoms. The van der Waals surface area contributed by atoms with Gasteiger partial charge in [-0.2, -0.15) is 0 Å². The zero-order valence-corrected chi connectivity index (χ0v) is 11.3. The summed E-state index contributed by atoms with van der Waals surface area (Å²) in [6.07, 6.45) is 0. The number of hydrogen-bond donors (Lipinski definition) is 2. The molecule has 2 aromatic rings. The number of imidazole rings is 1. The van der Waals surface area contributed by atoms with E-state index in [9.17, 15) is 0 Å². The third kappa shape index (κ3) is 2.56. The fourth-order valence-corrected chi connectivity index (χ4v) is 2.16. The number of halogens is 1. The Morgan fingerprint density at radius 3 is 2.56 bits per heavy atom. The van der Waals surface area contributed by atoms with Crippen LogP contribution in [0.1, 0.15) is 11.7 Å². The Kier molecular flexibility index (Phi) is 4.01. The average Bonchev–Trinajstić information content (AvgIpc) is 2.73. The quantitative estimate of drug-likeness (QED) is 0.891. The second kappa shape index (κ2) is 5.52. The first-order valence-corrected chi connectivity index (χ1v) is 6.18. The maximum absolute atomic E-state index is 6.19. The molecule has 1 aromatic heterocycles. The average molecular weight is 265 g/mol. The standard InChI is InChI=1S/C13H17ClN4/c1-18(2)10(8-15)11-12(14)17-13(16-11)9-6-4-3-5-7-9/h3-7,10H,8,15H2,1-2H3,(H,16,17). The van der Waals surface area contributed by atoms with Gasteiger partial charge >= 0.3 is 0 Å². The van der Waals surface area contributed by atoms with Crippen molar-refractivity contribution in [3.05, 3.63) is 41.2 Å². The topological polar surface area (TPSA) is 57.9 Å². The van der Waals surface area contributed by atoms with E-state index >= 15 is 0 Å². The monoisotopic (exact) mass is 264 g/mol. The van der Waals surface area contributed by atoms with E-state index in [1.165, 1.54) is 0 Å². The molecule has 0 amide bonds. The van der Waals surface area contributed by atoms with Crippen LogP contribution >= 0.6 is 11.6 Å². The van der Waals surface area contributed by atoms with Gasteiger partial charge in [-0.1, -0.05) is 41.9 Å². The van der Waals surface area contributed by atoms with E-state index in [4.69, 9.17) is 17.3 Å². The number of benzene rings is 1. The van der Waals surface area contributed by atoms with Crippen LogP contribution in [0.4, 0.5) is 0 Å². The number of hydrogen-bond acceptors (Lipinski definition) is 3. The van der Waals surface area contributed by atoms with Crippen LogP contribution in [0.5, 0.6) is 0 Å². The van der Waals surface area contributed by atoms with Crippen molar-refractivity contribution in [2.75, 3.05) is 20.6 Å². The molecule has 4 nitrogen and oxygen atoms in total. The lowest BCUT2D eigenvalue weighted by Crippen LogP contribution is -2.27. The van der Waals surface area contributed by atoms with Gasteiger partial charge in [0.2, 0.25) is 0 Å². The molecule has 1 unspecified atom stereocenters. The van der Waals surface area contributed by atoms with Gasteiger partial charge in [0.05, 0.1) is 11.7 Å². The molecule has 0 fully saturated rings. The Balaban J connectivity index is 2.38. The summed E-state index contributed by atoms with van der Waals surface area (Å²) in [4.78, 5) is 9.65. The molecular formula is C13H17ClN4. The van der Waals surface area contributed by atoms with Crippen LogP contribution < -0.4 is 5.73 Å². The maximum Gasteiger partial charge on any atom is 0.152 e. The van der Waals surface area contributed by atoms with Crippen molar-refractivity contribution in [2.45, 2.75) is 6.04 Å². The Morgan fingerprint density at radius 1 is 1.33 bits per heavy atom. The zero-order valence-electron chi connectivity index (χ0n) is 10.5. The normalized spacial score (nSPS) is 12.9. The number of nitrogens with two attached hydrogens (primary N) is 1. The van der Waals surface area contributed by atoms with E-state index in [2.05, 4.69) is 9.97 Å². The van der Waals surface area contributed by atoms with Crippen LogP contribution in [0.25, 0.3) is 11.4 Å². The third-order valence-corrected chi connectivity index (χ3v) is 3.20. The highest BCUT2D eigenvalue weighted by molar-refractivity contribution is 6.30. The van der Waals surface area contributed by atoms with Crippen molar-refractivity contribution < 1.29 is 0 Å². The van der Waals surface area contributed by atoms with Crippen molar-refractivity contribution >= 4 is 11.6 Å². The Hall–Kier alpha value is -1.36. The molecule has 1 atom stereocenters. The molecule has 0 aliphatic rings. The summed E-state index contributed by atoms with van der Waals surface area (Å²) in [6.45, 7) is 0.489. The minimum absolute atomic E-state index is 0.0439. The highest BCUT2D eigenvalue weighted by Gasteiger charge is 2.19. The second-order valence-electron chi connectivity index (χ2n) is 4.37. The van der Waals surface area contributed by atoms with Crippen molar-refractivity contribution in [3.63, 3.8) is 0 Å². The zero-order chi connectivity index (χ0) is 13.1. The number of nitrogens with zero attached hydrogens (tertiary/aromatic N) is 2. The lowest BCUT2D eigenvalue weighted by atomic mass is 10.2. The minimum atomic E-state index is 0.0439. The predicted molar refractivity (Wildman–Crippen MR) is 74.5 cm³/mol. The molecule has 0 spiro atoms. The number of aromatic nitrogens is 2. The molecule has 5 heteroatoms. The van der Waals surface area contributed by atoms with Crippen molar-refractivity contribution in [3.8, 4) is 11.4 Å². The molecule has 0 radical (unpaired) electrons. The van der Waals surface area contributed by atoms with Gasteiger partial charge in [0, 0.05) is 12.1 Å². The van der Waals surface area contributed by atoms with E-state index in [1.54, 1.807) is 0 Å². The maximum atomic E-state index is 6.19. The summed E-state index contributed by atoms with van der Waals surface area (Å²) >= 11 is 6.19. The Morgan fingerprint density at radius 2 is 2.00 bits per heavy atom. The van der Waals surface area contributed by atoms with Gasteiger partial charge in [0.15, 0.2) is 5.15 Å². The fourth-order valence-electron chi connectivity index (χ4n) is 1.91. The molecule has 2 rings (SSSR count). The van der Waals surface area contributed by atoms with E-state index in [1.807, 2.05) is 49.3 Å². The van der Waals surface area contributed by atoms with Gasteiger partial charge in [0.25, 0.3) is 0 Å². The van der Waals surface area contributed by atoms with E-state index in [0.717, 1.165) is 17.1 Å². The summed E-state index contributed by atoms with van der Waals surface area (Å²) in [5.41, 5.74) is 7.65. The number of H-pyrrole nitrogens is 1. The predicted octanol–water partition coefficient (Wildman–Crippen LogP) is 2.29. The molecule has 0 aliphatic carbocycles. The summed E-state index contributed by atoms with van der Waals surface area (Å²) in [5, 5.41) is 0.484. The van der Waals surface area contributed by atoms with E-state index in [-0.39, 0.29) is 6.04 Å². The Bertz CT molecular complexity index is 507. The number of nitrogens with one attached hydrogen (secondary N) is 1. The van der Waals surface area contributed by atoms with E-state index < -0.39 is 0 Å². The molecule has 1 aromatic carbocycles. The van der Waals surface area contributed by atoms with Crippen molar-refractivity contribution in [1.82, 2.24) is 14.9 Å². The number of aromatic amines is 1. The van der Waals surface area contributed by atoms with Crippen LogP contribution in [-0.2, 0) is 0 Å². The first kappa shape index (κ1) is 13.1. The van der Waals surface area contributed by atoms with Crippen LogP contribution in [0.3, 0.4) is 0 Å². The van der Waals surface area contributed by atoms with Gasteiger partial charge in [-0.3, -0.25) is 4.90 Å². The molecule has 0 saturated carbocycles. The van der Waals surface area contributed by atoms with Crippen LogP contribution in [0.15, 0.2) is 30.3 Å². The summed E-state index contributed by atoms with van der Waals surface area (Å²) in [5.74, 6) is 0.774. The van der Waals surface area contributed by atoms with Gasteiger partial charge in [-0.25, -0.2) is 4.98 Å². The molecule has 3 N–H and O–H groups in total. The number of likely N-dealkylation sites (N-methyl/N-ethyl adjacent to an activating group) is 1. The van der Waals surface area contributed by atoms with Crippen LogP contribution in [0.2, 0.25) is 5.15 Å². The molecule has 0 saturated heterocycles. The van der Waals surface area contributed by atoms with Gasteiger partial charge < -0.3 is 10.7 Å². The van der Waals surface area contributed by atoms with Crippen LogP contribution in [-0.4, -0.2) is 35.5 Å². The lowest BCUT2D eigenvalue weighted by Gasteiger charge is -2.21. The van der Waals surface area contributed by atoms with Gasteiger partial charge in [-0.15, -0.1) is 0 Å². The lowest BCUT2D eigenvalue weighted by molar-refractivity contribution is 0.301. The molecular weight excluding hydrogens is 248 g/mol. The second-order valence-corrected chi connectivity index (χ2v) is 4.73. The smallest absolute Gasteiger partial charge is 0.152 e. The highest BCUT2D eigenvalue weighted by atomic mass is 35.5. The Labute approximate surface area is 112 Å². The fraction of sp³-hybridized carbons (Fsp3) is 0.308. The van der Waals surface area contributed by atoms with Gasteiger partial charge in [0.1, 0.15) is 5.82 Å². The summed E-state index contributed by atoms with van der Waals surface area (Å²) in [7, 11) is 3.94.